The summed E-state index contributed by atoms with van der Waals surface area (Å²) in [5.74, 6) is 0.636. The van der Waals surface area contributed by atoms with Crippen molar-refractivity contribution in [1.82, 2.24) is 10.3 Å². The Bertz CT molecular complexity index is 1290. The molecular weight excluding hydrogens is 471 g/mol. The molecule has 1 unspecified atom stereocenters. The predicted molar refractivity (Wildman–Crippen MR) is 133 cm³/mol. The lowest BCUT2D eigenvalue weighted by molar-refractivity contribution is -0.113. The minimum Gasteiger partial charge on any atom is -0.497 e. The third-order valence-corrected chi connectivity index (χ3v) is 7.17. The highest BCUT2D eigenvalue weighted by Gasteiger charge is 2.32. The molecule has 3 heterocycles. The van der Waals surface area contributed by atoms with Crippen molar-refractivity contribution >= 4 is 46.0 Å². The van der Waals surface area contributed by atoms with Crippen LogP contribution in [-0.4, -0.2) is 49.0 Å². The zero-order chi connectivity index (χ0) is 24.4. The number of ether oxygens (including phenoxy) is 2. The van der Waals surface area contributed by atoms with Gasteiger partial charge in [-0.1, -0.05) is 0 Å². The van der Waals surface area contributed by atoms with Gasteiger partial charge in [-0.05, 0) is 55.8 Å². The van der Waals surface area contributed by atoms with Gasteiger partial charge < -0.3 is 20.1 Å². The molecule has 8 nitrogen and oxygen atoms in total. The van der Waals surface area contributed by atoms with E-state index in [0.29, 0.717) is 54.3 Å². The summed E-state index contributed by atoms with van der Waals surface area (Å²) in [4.78, 5) is 30.8. The number of cyclic esters (lactones) is 1. The molecule has 0 bridgehead atoms. The topological polar surface area (TPSA) is 92.8 Å². The van der Waals surface area contributed by atoms with E-state index < -0.39 is 6.09 Å². The Hall–Kier alpha value is -3.37. The molecule has 2 amide bonds. The summed E-state index contributed by atoms with van der Waals surface area (Å²) in [5, 5.41) is 6.85. The predicted octanol–water partition coefficient (Wildman–Crippen LogP) is 4.32. The average molecular weight is 497 g/mol. The number of aromatic nitrogens is 1. The number of carbonyl (C=O) groups is 2. The lowest BCUT2D eigenvalue weighted by atomic mass is 10.1. The van der Waals surface area contributed by atoms with Crippen molar-refractivity contribution < 1.29 is 23.5 Å². The SMILES string of the molecule is COc1ccc2ncc(F)c(CNCCCC3CN(c4ccc5c(c4)NC(=O)CS5)C(=O)O3)c2c1. The van der Waals surface area contributed by atoms with Gasteiger partial charge in [0.1, 0.15) is 17.7 Å². The number of rotatable bonds is 8. The molecule has 35 heavy (non-hydrogen) atoms. The molecule has 3 aromatic rings. The molecule has 2 N–H and O–H groups in total. The molecule has 1 fully saturated rings. The Morgan fingerprint density at radius 2 is 2.17 bits per heavy atom. The maximum Gasteiger partial charge on any atom is 0.414 e. The minimum atomic E-state index is -0.392. The lowest BCUT2D eigenvalue weighted by Gasteiger charge is -2.20. The number of methoxy groups -OCH3 is 1. The summed E-state index contributed by atoms with van der Waals surface area (Å²) < 4.78 is 25.3. The van der Waals surface area contributed by atoms with Crippen LogP contribution in [0.5, 0.6) is 5.75 Å². The largest absolute Gasteiger partial charge is 0.497 e. The number of nitrogens with one attached hydrogen (secondary N) is 2. The van der Waals surface area contributed by atoms with Crippen LogP contribution in [0.3, 0.4) is 0 Å². The van der Waals surface area contributed by atoms with Gasteiger partial charge in [-0.2, -0.15) is 0 Å². The van der Waals surface area contributed by atoms with Gasteiger partial charge in [0.05, 0.1) is 36.8 Å². The molecular formula is C25H25FN4O4S. The smallest absolute Gasteiger partial charge is 0.414 e. The molecule has 1 atom stereocenters. The first-order valence-electron chi connectivity index (χ1n) is 11.4. The number of fused-ring (bicyclic) bond motifs is 2. The Morgan fingerprint density at radius 3 is 3.03 bits per heavy atom. The quantitative estimate of drug-likeness (QED) is 0.449. The summed E-state index contributed by atoms with van der Waals surface area (Å²) in [5.41, 5.74) is 2.68. The number of halogens is 1. The number of pyridine rings is 1. The van der Waals surface area contributed by atoms with Crippen molar-refractivity contribution in [3.8, 4) is 5.75 Å². The molecule has 0 aliphatic carbocycles. The van der Waals surface area contributed by atoms with Crippen LogP contribution in [0.2, 0.25) is 0 Å². The first kappa shape index (κ1) is 23.4. The number of thioether (sulfide) groups is 1. The van der Waals surface area contributed by atoms with Crippen LogP contribution in [-0.2, 0) is 16.1 Å². The fourth-order valence-electron chi connectivity index (χ4n) is 4.30. The van der Waals surface area contributed by atoms with Gasteiger partial charge in [-0.3, -0.25) is 14.7 Å². The Balaban J connectivity index is 1.14. The molecule has 2 aliphatic heterocycles. The van der Waals surface area contributed by atoms with E-state index in [4.69, 9.17) is 9.47 Å². The van der Waals surface area contributed by atoms with Gasteiger partial charge in [0.15, 0.2) is 0 Å². The fraction of sp³-hybridized carbons (Fsp3) is 0.320. The first-order chi connectivity index (χ1) is 17.0. The molecule has 1 saturated heterocycles. The number of hydrogen-bond donors (Lipinski definition) is 2. The standard InChI is InChI=1S/C25H25FN4O4S/c1-33-16-5-6-21-18(10-16)19(20(26)12-28-21)11-27-8-2-3-17-13-30(25(32)34-17)15-4-7-23-22(9-15)29-24(31)14-35-23/h4-7,9-10,12,17,27H,2-3,8,11,13-14H2,1H3,(H,29,31). The Labute approximate surface area is 206 Å². The van der Waals surface area contributed by atoms with Crippen LogP contribution < -0.4 is 20.3 Å². The van der Waals surface area contributed by atoms with E-state index in [1.165, 1.54) is 18.0 Å². The van der Waals surface area contributed by atoms with Crippen molar-refractivity contribution in [3.63, 3.8) is 0 Å². The second-order valence-electron chi connectivity index (χ2n) is 8.42. The van der Waals surface area contributed by atoms with E-state index in [9.17, 15) is 14.0 Å². The summed E-state index contributed by atoms with van der Waals surface area (Å²) in [6.45, 7) is 1.44. The van der Waals surface area contributed by atoms with E-state index in [1.807, 2.05) is 24.3 Å². The van der Waals surface area contributed by atoms with Gasteiger partial charge in [0.25, 0.3) is 0 Å². The monoisotopic (exact) mass is 496 g/mol. The molecule has 10 heteroatoms. The van der Waals surface area contributed by atoms with Crippen molar-refractivity contribution in [2.75, 3.05) is 36.2 Å². The average Bonchev–Trinajstić information content (AvgIpc) is 3.24. The van der Waals surface area contributed by atoms with Crippen molar-refractivity contribution in [2.45, 2.75) is 30.4 Å². The molecule has 182 valence electrons. The minimum absolute atomic E-state index is 0.0483. The number of benzene rings is 2. The summed E-state index contributed by atoms with van der Waals surface area (Å²) in [6, 6.07) is 11.0. The van der Waals surface area contributed by atoms with Gasteiger partial charge in [-0.25, -0.2) is 9.18 Å². The second kappa shape index (κ2) is 10.1. The highest BCUT2D eigenvalue weighted by atomic mass is 32.2. The molecule has 2 aromatic carbocycles. The number of carbonyl (C=O) groups excluding carboxylic acids is 2. The van der Waals surface area contributed by atoms with E-state index in [0.717, 1.165) is 22.4 Å². The molecule has 2 aliphatic rings. The van der Waals surface area contributed by atoms with E-state index in [2.05, 4.69) is 15.6 Å². The van der Waals surface area contributed by atoms with Gasteiger partial charge in [-0.15, -0.1) is 11.8 Å². The number of nitrogens with zero attached hydrogens (tertiary/aromatic N) is 2. The molecule has 5 rings (SSSR count). The van der Waals surface area contributed by atoms with Gasteiger partial charge in [0, 0.05) is 28.1 Å². The van der Waals surface area contributed by atoms with E-state index >= 15 is 0 Å². The highest BCUT2D eigenvalue weighted by Crippen LogP contribution is 2.35. The third-order valence-electron chi connectivity index (χ3n) is 6.10. The zero-order valence-electron chi connectivity index (χ0n) is 19.2. The Kier molecular flexibility index (Phi) is 6.74. The summed E-state index contributed by atoms with van der Waals surface area (Å²) in [6.07, 6.45) is 2.06. The normalized spacial score (nSPS) is 17.3. The van der Waals surface area contributed by atoms with E-state index in [-0.39, 0.29) is 17.8 Å². The van der Waals surface area contributed by atoms with Crippen LogP contribution in [0.4, 0.5) is 20.6 Å². The lowest BCUT2D eigenvalue weighted by Crippen LogP contribution is -2.25. The van der Waals surface area contributed by atoms with Crippen LogP contribution in [0.15, 0.2) is 47.5 Å². The maximum atomic E-state index is 14.5. The van der Waals surface area contributed by atoms with Crippen LogP contribution in [0.1, 0.15) is 18.4 Å². The van der Waals surface area contributed by atoms with E-state index in [1.54, 1.807) is 24.1 Å². The summed E-state index contributed by atoms with van der Waals surface area (Å²) in [7, 11) is 1.57. The van der Waals surface area contributed by atoms with Crippen LogP contribution in [0.25, 0.3) is 10.9 Å². The second-order valence-corrected chi connectivity index (χ2v) is 9.44. The van der Waals surface area contributed by atoms with Crippen LogP contribution in [0, 0.1) is 5.82 Å². The highest BCUT2D eigenvalue weighted by molar-refractivity contribution is 8.00. The number of hydrogen-bond acceptors (Lipinski definition) is 7. The number of amides is 2. The van der Waals surface area contributed by atoms with Crippen molar-refractivity contribution in [2.24, 2.45) is 0 Å². The van der Waals surface area contributed by atoms with Gasteiger partial charge >= 0.3 is 6.09 Å². The molecule has 1 aromatic heterocycles. The summed E-state index contributed by atoms with van der Waals surface area (Å²) >= 11 is 1.48. The first-order valence-corrected chi connectivity index (χ1v) is 12.4. The fourth-order valence-corrected chi connectivity index (χ4v) is 5.09. The van der Waals surface area contributed by atoms with Crippen molar-refractivity contribution in [3.05, 3.63) is 54.0 Å². The van der Waals surface area contributed by atoms with Crippen molar-refractivity contribution in [1.29, 1.82) is 0 Å². The molecule has 0 saturated carbocycles. The van der Waals surface area contributed by atoms with Gasteiger partial charge in [0.2, 0.25) is 5.91 Å². The number of anilines is 2. The molecule has 0 radical (unpaired) electrons. The Morgan fingerprint density at radius 1 is 1.29 bits per heavy atom. The maximum absolute atomic E-state index is 14.5. The third kappa shape index (κ3) is 5.03. The molecule has 0 spiro atoms. The zero-order valence-corrected chi connectivity index (χ0v) is 20.0. The van der Waals surface area contributed by atoms with Crippen LogP contribution >= 0.6 is 11.8 Å².